The van der Waals surface area contributed by atoms with E-state index in [1.165, 1.54) is 17.0 Å². The molecule has 0 unspecified atom stereocenters. The molecule has 11 heteroatoms. The summed E-state index contributed by atoms with van der Waals surface area (Å²) in [7, 11) is -4.27. The van der Waals surface area contributed by atoms with Gasteiger partial charge in [0.15, 0.2) is 0 Å². The van der Waals surface area contributed by atoms with Crippen molar-refractivity contribution in [2.75, 3.05) is 17.4 Å². The maximum absolute atomic E-state index is 14.5. The fourth-order valence-corrected chi connectivity index (χ4v) is 6.86. The van der Waals surface area contributed by atoms with Crippen LogP contribution in [0.1, 0.15) is 30.5 Å². The largest absolute Gasteiger partial charge is 0.354 e. The van der Waals surface area contributed by atoms with Gasteiger partial charge in [0.25, 0.3) is 10.0 Å². The first-order valence-corrected chi connectivity index (χ1v) is 17.3. The van der Waals surface area contributed by atoms with Crippen molar-refractivity contribution >= 4 is 62.3 Å². The fraction of sp³-hybridized carbons (Fsp3) is 0.257. The molecule has 0 heterocycles. The maximum Gasteiger partial charge on any atom is 0.264 e. The van der Waals surface area contributed by atoms with Gasteiger partial charge in [0.1, 0.15) is 12.6 Å². The molecule has 4 aromatic carbocycles. The Hall–Kier alpha value is -3.56. The van der Waals surface area contributed by atoms with E-state index in [2.05, 4.69) is 5.32 Å². The molecule has 0 spiro atoms. The molecule has 7 nitrogen and oxygen atoms in total. The molecule has 1 atom stereocenters. The third kappa shape index (κ3) is 9.04. The first-order chi connectivity index (χ1) is 21.9. The summed E-state index contributed by atoms with van der Waals surface area (Å²) in [6.07, 6.45) is 0.189. The number of amides is 2. The summed E-state index contributed by atoms with van der Waals surface area (Å²) < 4.78 is 29.3. The molecule has 2 amide bonds. The minimum atomic E-state index is -4.27. The Bertz CT molecular complexity index is 1770. The lowest BCUT2D eigenvalue weighted by molar-refractivity contribution is -0.140. The minimum Gasteiger partial charge on any atom is -0.354 e. The van der Waals surface area contributed by atoms with Crippen molar-refractivity contribution in [2.24, 2.45) is 5.92 Å². The molecule has 0 saturated carbocycles. The lowest BCUT2D eigenvalue weighted by atomic mass is 10.0. The van der Waals surface area contributed by atoms with Gasteiger partial charge in [-0.1, -0.05) is 115 Å². The van der Waals surface area contributed by atoms with Crippen LogP contribution in [0.3, 0.4) is 0 Å². The number of hydrogen-bond donors (Lipinski definition) is 1. The van der Waals surface area contributed by atoms with Gasteiger partial charge in [0.2, 0.25) is 11.8 Å². The summed E-state index contributed by atoms with van der Waals surface area (Å²) in [6.45, 7) is 5.54. The third-order valence-corrected chi connectivity index (χ3v) is 10.1. The predicted molar refractivity (Wildman–Crippen MR) is 186 cm³/mol. The maximum atomic E-state index is 14.5. The van der Waals surface area contributed by atoms with E-state index in [0.29, 0.717) is 17.1 Å². The molecule has 4 rings (SSSR count). The summed E-state index contributed by atoms with van der Waals surface area (Å²) in [5.41, 5.74) is 2.46. The molecule has 46 heavy (non-hydrogen) atoms. The van der Waals surface area contributed by atoms with Crippen LogP contribution < -0.4 is 9.62 Å². The highest BCUT2D eigenvalue weighted by atomic mass is 35.5. The van der Waals surface area contributed by atoms with E-state index < -0.39 is 28.5 Å². The van der Waals surface area contributed by atoms with Crippen LogP contribution >= 0.6 is 34.8 Å². The standard InChI is InChI=1S/C35H36Cl3N3O4S/c1-24(2)21-39-35(43)33(20-26-9-5-4-6-10-26)40(22-27-15-18-29(36)31(38)19-27)34(42)23-41(32-12-8-7-11-30(32)37)46(44,45)28-16-13-25(3)14-17-28/h4-19,24,33H,20-23H2,1-3H3,(H,39,43)/t33-/m0/s1. The number of anilines is 1. The second-order valence-electron chi connectivity index (χ2n) is 11.4. The van der Waals surface area contributed by atoms with Gasteiger partial charge in [-0.25, -0.2) is 8.42 Å². The third-order valence-electron chi connectivity index (χ3n) is 7.30. The number of hydrogen-bond acceptors (Lipinski definition) is 4. The van der Waals surface area contributed by atoms with Gasteiger partial charge in [-0.15, -0.1) is 0 Å². The molecule has 0 bridgehead atoms. The summed E-state index contributed by atoms with van der Waals surface area (Å²) in [5.74, 6) is -0.810. The van der Waals surface area contributed by atoms with E-state index in [4.69, 9.17) is 34.8 Å². The van der Waals surface area contributed by atoms with E-state index in [-0.39, 0.29) is 45.4 Å². The average molecular weight is 701 g/mol. The van der Waals surface area contributed by atoms with Crippen LogP contribution in [0.25, 0.3) is 0 Å². The number of aryl methyl sites for hydroxylation is 1. The predicted octanol–water partition coefficient (Wildman–Crippen LogP) is 7.56. The van der Waals surface area contributed by atoms with Crippen molar-refractivity contribution in [2.45, 2.75) is 44.7 Å². The van der Waals surface area contributed by atoms with E-state index in [9.17, 15) is 18.0 Å². The quantitative estimate of drug-likeness (QED) is 0.156. The monoisotopic (exact) mass is 699 g/mol. The number of carbonyl (C=O) groups excluding carboxylic acids is 2. The molecule has 0 aromatic heterocycles. The molecule has 1 N–H and O–H groups in total. The topological polar surface area (TPSA) is 86.8 Å². The van der Waals surface area contributed by atoms with Gasteiger partial charge in [0.05, 0.1) is 25.7 Å². The van der Waals surface area contributed by atoms with Crippen molar-refractivity contribution in [3.05, 3.63) is 129 Å². The second kappa shape index (κ2) is 15.8. The lowest BCUT2D eigenvalue weighted by Crippen LogP contribution is -2.53. The summed E-state index contributed by atoms with van der Waals surface area (Å²) >= 11 is 19.0. The molecule has 0 radical (unpaired) electrons. The van der Waals surface area contributed by atoms with Gasteiger partial charge in [-0.2, -0.15) is 0 Å². The van der Waals surface area contributed by atoms with Crippen LogP contribution in [0.5, 0.6) is 0 Å². The highest BCUT2D eigenvalue weighted by molar-refractivity contribution is 7.92. The first kappa shape index (κ1) is 35.3. The van der Waals surface area contributed by atoms with E-state index >= 15 is 0 Å². The van der Waals surface area contributed by atoms with Crippen LogP contribution in [-0.2, 0) is 32.6 Å². The van der Waals surface area contributed by atoms with Gasteiger partial charge < -0.3 is 10.2 Å². The first-order valence-electron chi connectivity index (χ1n) is 14.8. The van der Waals surface area contributed by atoms with Gasteiger partial charge in [-0.05, 0) is 60.4 Å². The van der Waals surface area contributed by atoms with E-state index in [0.717, 1.165) is 15.4 Å². The zero-order valence-corrected chi connectivity index (χ0v) is 28.9. The van der Waals surface area contributed by atoms with Crippen LogP contribution in [0, 0.1) is 12.8 Å². The number of para-hydroxylation sites is 1. The molecule has 242 valence electrons. The normalized spacial score (nSPS) is 12.1. The Morgan fingerprint density at radius 1 is 0.783 bits per heavy atom. The number of nitrogens with one attached hydrogen (secondary N) is 1. The van der Waals surface area contributed by atoms with Gasteiger partial charge >= 0.3 is 0 Å². The summed E-state index contributed by atoms with van der Waals surface area (Å²) in [6, 6.07) is 26.1. The average Bonchev–Trinajstić information content (AvgIpc) is 3.03. The number of carbonyl (C=O) groups is 2. The number of rotatable bonds is 13. The van der Waals surface area contributed by atoms with E-state index in [1.54, 1.807) is 54.6 Å². The molecule has 0 saturated heterocycles. The molecule has 0 aliphatic heterocycles. The van der Waals surface area contributed by atoms with Crippen molar-refractivity contribution in [1.29, 1.82) is 0 Å². The second-order valence-corrected chi connectivity index (χ2v) is 14.5. The Labute approximate surface area is 286 Å². The van der Waals surface area contributed by atoms with E-state index in [1.807, 2.05) is 51.1 Å². The van der Waals surface area contributed by atoms with Crippen molar-refractivity contribution in [3.63, 3.8) is 0 Å². The number of halogens is 3. The van der Waals surface area contributed by atoms with Crippen LogP contribution in [0.4, 0.5) is 5.69 Å². The molecule has 4 aromatic rings. The molecule has 0 aliphatic rings. The lowest BCUT2D eigenvalue weighted by Gasteiger charge is -2.34. The Balaban J connectivity index is 1.82. The molecule has 0 fully saturated rings. The highest BCUT2D eigenvalue weighted by Crippen LogP contribution is 2.31. The van der Waals surface area contributed by atoms with Crippen LogP contribution in [0.2, 0.25) is 15.1 Å². The smallest absolute Gasteiger partial charge is 0.264 e. The molecule has 0 aliphatic carbocycles. The van der Waals surface area contributed by atoms with Crippen LogP contribution in [-0.4, -0.2) is 44.3 Å². The van der Waals surface area contributed by atoms with Gasteiger partial charge in [-0.3, -0.25) is 13.9 Å². The van der Waals surface area contributed by atoms with Crippen LogP contribution in [0.15, 0.2) is 102 Å². The Morgan fingerprint density at radius 2 is 1.43 bits per heavy atom. The fourth-order valence-electron chi connectivity index (χ4n) is 4.82. The number of benzene rings is 4. The number of nitrogens with zero attached hydrogens (tertiary/aromatic N) is 2. The minimum absolute atomic E-state index is 0.00244. The van der Waals surface area contributed by atoms with Gasteiger partial charge in [0, 0.05) is 19.5 Å². The summed E-state index contributed by atoms with van der Waals surface area (Å²) in [5, 5.41) is 3.74. The summed E-state index contributed by atoms with van der Waals surface area (Å²) in [4.78, 5) is 29.8. The highest BCUT2D eigenvalue weighted by Gasteiger charge is 2.35. The zero-order valence-electron chi connectivity index (χ0n) is 25.8. The zero-order chi connectivity index (χ0) is 33.4. The molecular formula is C35H36Cl3N3O4S. The Morgan fingerprint density at radius 3 is 2.07 bits per heavy atom. The van der Waals surface area contributed by atoms with Crippen molar-refractivity contribution < 1.29 is 18.0 Å². The SMILES string of the molecule is Cc1ccc(S(=O)(=O)N(CC(=O)N(Cc2ccc(Cl)c(Cl)c2)[C@@H](Cc2ccccc2)C(=O)NCC(C)C)c2ccccc2Cl)cc1. The number of sulfonamides is 1. The van der Waals surface area contributed by atoms with Crippen molar-refractivity contribution in [3.8, 4) is 0 Å². The van der Waals surface area contributed by atoms with Crippen molar-refractivity contribution in [1.82, 2.24) is 10.2 Å². The Kier molecular flexibility index (Phi) is 12.1. The molecular weight excluding hydrogens is 665 g/mol.